The molecule has 2 saturated carbocycles. The number of carboxylic acids is 1. The van der Waals surface area contributed by atoms with Gasteiger partial charge in [-0.3, -0.25) is 4.79 Å². The second-order valence-electron chi connectivity index (χ2n) is 11.9. The molecule has 3 N–H and O–H groups in total. The highest BCUT2D eigenvalue weighted by Crippen LogP contribution is 2.26. The summed E-state index contributed by atoms with van der Waals surface area (Å²) in [7, 11) is 0. The molecule has 0 spiro atoms. The van der Waals surface area contributed by atoms with Gasteiger partial charge >= 0.3 is 5.97 Å². The Morgan fingerprint density at radius 2 is 1.57 bits per heavy atom. The summed E-state index contributed by atoms with van der Waals surface area (Å²) >= 11 is 6.22. The first-order chi connectivity index (χ1) is 20.5. The van der Waals surface area contributed by atoms with Crippen LogP contribution >= 0.6 is 11.6 Å². The van der Waals surface area contributed by atoms with E-state index in [4.69, 9.17) is 16.7 Å². The second-order valence-corrected chi connectivity index (χ2v) is 12.2. The lowest BCUT2D eigenvalue weighted by molar-refractivity contribution is -0.136. The summed E-state index contributed by atoms with van der Waals surface area (Å²) < 4.78 is 1.99. The van der Waals surface area contributed by atoms with Gasteiger partial charge in [-0.25, -0.2) is 4.98 Å². The van der Waals surface area contributed by atoms with Gasteiger partial charge in [0.05, 0.1) is 18.7 Å². The van der Waals surface area contributed by atoms with Crippen molar-refractivity contribution >= 4 is 17.6 Å². The van der Waals surface area contributed by atoms with Crippen molar-refractivity contribution in [3.8, 4) is 11.1 Å². The zero-order valence-corrected chi connectivity index (χ0v) is 25.9. The fourth-order valence-electron chi connectivity index (χ4n) is 6.33. The number of benzene rings is 2. The first kappa shape index (κ1) is 32.2. The third-order valence-corrected chi connectivity index (χ3v) is 8.96. The Hall–Kier alpha value is -2.67. The molecule has 2 fully saturated rings. The smallest absolute Gasteiger partial charge is 0.307 e. The summed E-state index contributed by atoms with van der Waals surface area (Å²) in [4.78, 5) is 15.6. The van der Waals surface area contributed by atoms with E-state index in [0.29, 0.717) is 17.4 Å². The lowest BCUT2D eigenvalue weighted by Crippen LogP contribution is -2.40. The summed E-state index contributed by atoms with van der Waals surface area (Å²) in [5.74, 6) is 0.0407. The number of aliphatic hydroxyl groups excluding tert-OH is 1. The molecule has 0 aliphatic heterocycles. The molecule has 7 heteroatoms. The molecule has 5 rings (SSSR count). The van der Waals surface area contributed by atoms with Crippen molar-refractivity contribution in [2.24, 2.45) is 0 Å². The Bertz CT molecular complexity index is 1230. The van der Waals surface area contributed by atoms with Crippen LogP contribution in [0.25, 0.3) is 11.1 Å². The largest absolute Gasteiger partial charge is 0.481 e. The van der Waals surface area contributed by atoms with Gasteiger partial charge in [0.25, 0.3) is 0 Å². The normalized spacial score (nSPS) is 16.2. The lowest BCUT2D eigenvalue weighted by atomic mass is 9.91. The van der Waals surface area contributed by atoms with E-state index in [1.54, 1.807) is 0 Å². The van der Waals surface area contributed by atoms with E-state index in [1.165, 1.54) is 64.2 Å². The number of aliphatic carboxylic acids is 1. The van der Waals surface area contributed by atoms with Crippen molar-refractivity contribution in [2.45, 2.75) is 122 Å². The Kier molecular flexibility index (Phi) is 12.9. The summed E-state index contributed by atoms with van der Waals surface area (Å²) in [6.07, 6.45) is 17.4. The first-order valence-corrected chi connectivity index (χ1v) is 16.4. The number of unbranched alkanes of at least 4 members (excludes halogenated alkanes) is 1. The van der Waals surface area contributed by atoms with Crippen molar-refractivity contribution in [3.63, 3.8) is 0 Å². The zero-order chi connectivity index (χ0) is 29.7. The molecule has 0 atom stereocenters. The number of halogens is 1. The monoisotopic (exact) mass is 593 g/mol. The molecule has 6 nitrogen and oxygen atoms in total. The van der Waals surface area contributed by atoms with E-state index in [-0.39, 0.29) is 13.0 Å². The van der Waals surface area contributed by atoms with E-state index in [1.807, 2.05) is 53.1 Å². The van der Waals surface area contributed by atoms with Crippen LogP contribution in [0.3, 0.4) is 0 Å². The van der Waals surface area contributed by atoms with Gasteiger partial charge in [0.1, 0.15) is 5.82 Å². The minimum absolute atomic E-state index is 0.00783. The fraction of sp³-hybridized carbons (Fsp3) is 0.543. The first-order valence-electron chi connectivity index (χ1n) is 16.0. The summed E-state index contributed by atoms with van der Waals surface area (Å²) in [6, 6.07) is 17.3. The summed E-state index contributed by atoms with van der Waals surface area (Å²) in [6.45, 7) is 2.55. The molecule has 0 unspecified atom stereocenters. The van der Waals surface area contributed by atoms with Crippen LogP contribution in [0.5, 0.6) is 0 Å². The van der Waals surface area contributed by atoms with Gasteiger partial charge in [0.2, 0.25) is 0 Å². The van der Waals surface area contributed by atoms with Gasteiger partial charge < -0.3 is 20.1 Å². The van der Waals surface area contributed by atoms with Crippen molar-refractivity contribution < 1.29 is 15.0 Å². The number of aliphatic hydroxyl groups is 1. The van der Waals surface area contributed by atoms with Crippen molar-refractivity contribution in [1.29, 1.82) is 0 Å². The Morgan fingerprint density at radius 1 is 0.952 bits per heavy atom. The molecule has 1 aromatic heterocycles. The SMILES string of the molecule is C1CCC(NC2CCCCC2)CC1.CCCCc1nc(Cl)c(CO)n1Cc1ccc(-c2ccccc2CC(=O)O)cc1. The molecule has 0 radical (unpaired) electrons. The van der Waals surface area contributed by atoms with E-state index in [0.717, 1.165) is 59.4 Å². The van der Waals surface area contributed by atoms with Crippen molar-refractivity contribution in [1.82, 2.24) is 14.9 Å². The maximum atomic E-state index is 11.1. The zero-order valence-electron chi connectivity index (χ0n) is 25.2. The number of aryl methyl sites for hydroxylation is 1. The average Bonchev–Trinajstić information content (AvgIpc) is 3.31. The van der Waals surface area contributed by atoms with Crippen LogP contribution in [-0.4, -0.2) is 37.8 Å². The van der Waals surface area contributed by atoms with Crippen LogP contribution in [-0.2, 0) is 30.8 Å². The molecule has 2 aliphatic carbocycles. The van der Waals surface area contributed by atoms with Gasteiger partial charge in [-0.15, -0.1) is 0 Å². The van der Waals surface area contributed by atoms with E-state index < -0.39 is 5.97 Å². The van der Waals surface area contributed by atoms with Gasteiger partial charge in [0, 0.05) is 25.0 Å². The molecule has 2 aliphatic rings. The van der Waals surface area contributed by atoms with Gasteiger partial charge in [0.15, 0.2) is 5.15 Å². The molecule has 0 saturated heterocycles. The number of nitrogens with one attached hydrogen (secondary N) is 1. The van der Waals surface area contributed by atoms with Crippen LogP contribution in [0.15, 0.2) is 48.5 Å². The highest BCUT2D eigenvalue weighted by molar-refractivity contribution is 6.30. The number of aromatic nitrogens is 2. The minimum atomic E-state index is -0.845. The Labute approximate surface area is 256 Å². The van der Waals surface area contributed by atoms with Gasteiger partial charge in [-0.1, -0.05) is 112 Å². The molecule has 3 aromatic rings. The molecule has 2 aromatic carbocycles. The van der Waals surface area contributed by atoms with Crippen LogP contribution in [0.1, 0.15) is 107 Å². The molecule has 0 amide bonds. The number of rotatable bonds is 11. The number of hydrogen-bond donors (Lipinski definition) is 3. The van der Waals surface area contributed by atoms with Gasteiger partial charge in [-0.2, -0.15) is 0 Å². The third-order valence-electron chi connectivity index (χ3n) is 8.65. The Balaban J connectivity index is 0.000000258. The number of carbonyl (C=O) groups is 1. The number of hydrogen-bond acceptors (Lipinski definition) is 4. The predicted molar refractivity (Wildman–Crippen MR) is 171 cm³/mol. The molecular weight excluding hydrogens is 546 g/mol. The number of carboxylic acid groups (broad SMARTS) is 1. The highest BCUT2D eigenvalue weighted by Gasteiger charge is 2.19. The van der Waals surface area contributed by atoms with Crippen LogP contribution in [0.4, 0.5) is 0 Å². The second kappa shape index (κ2) is 16.8. The van der Waals surface area contributed by atoms with Crippen LogP contribution < -0.4 is 5.32 Å². The number of imidazole rings is 1. The predicted octanol–water partition coefficient (Wildman–Crippen LogP) is 7.96. The fourth-order valence-corrected chi connectivity index (χ4v) is 6.59. The summed E-state index contributed by atoms with van der Waals surface area (Å²) in [5, 5.41) is 23.1. The van der Waals surface area contributed by atoms with E-state index >= 15 is 0 Å². The van der Waals surface area contributed by atoms with Crippen molar-refractivity contribution in [2.75, 3.05) is 0 Å². The molecule has 0 bridgehead atoms. The minimum Gasteiger partial charge on any atom is -0.481 e. The molecule has 1 heterocycles. The van der Waals surface area contributed by atoms with E-state index in [9.17, 15) is 9.90 Å². The van der Waals surface area contributed by atoms with Crippen LogP contribution in [0.2, 0.25) is 5.15 Å². The molecule has 228 valence electrons. The summed E-state index contributed by atoms with van der Waals surface area (Å²) in [5.41, 5.74) is 4.38. The molecule has 42 heavy (non-hydrogen) atoms. The topological polar surface area (TPSA) is 87.4 Å². The van der Waals surface area contributed by atoms with Crippen molar-refractivity contribution in [3.05, 3.63) is 76.3 Å². The highest BCUT2D eigenvalue weighted by atomic mass is 35.5. The van der Waals surface area contributed by atoms with Crippen LogP contribution in [0, 0.1) is 0 Å². The van der Waals surface area contributed by atoms with Gasteiger partial charge in [-0.05, 0) is 54.4 Å². The van der Waals surface area contributed by atoms with E-state index in [2.05, 4.69) is 17.2 Å². The Morgan fingerprint density at radius 3 is 2.14 bits per heavy atom. The number of nitrogens with zero attached hydrogens (tertiary/aromatic N) is 2. The molecular formula is C35H48ClN3O3. The standard InChI is InChI=1S/C23H25ClN2O3.C12H23N/c1-2-3-8-21-25-23(24)20(15-27)26(21)14-16-9-11-17(12-10-16)19-7-5-4-6-18(19)13-22(28)29;1-3-7-11(8-4-1)13-12-9-5-2-6-10-12/h4-7,9-12,27H,2-3,8,13-15H2,1H3,(H,28,29);11-13H,1-10H2. The maximum absolute atomic E-state index is 11.1. The quantitative estimate of drug-likeness (QED) is 0.210. The third kappa shape index (κ3) is 9.42. The lowest BCUT2D eigenvalue weighted by Gasteiger charge is -2.30. The maximum Gasteiger partial charge on any atom is 0.307 e. The average molecular weight is 594 g/mol.